The van der Waals surface area contributed by atoms with E-state index in [0.717, 1.165) is 23.0 Å². The van der Waals surface area contributed by atoms with E-state index < -0.39 is 11.0 Å². The minimum absolute atomic E-state index is 0.147. The molecule has 100 valence electrons. The van der Waals surface area contributed by atoms with Crippen LogP contribution in [-0.4, -0.2) is 13.9 Å². The van der Waals surface area contributed by atoms with Crippen LogP contribution in [-0.2, 0) is 16.5 Å². The molecule has 2 rings (SSSR count). The lowest BCUT2D eigenvalue weighted by molar-refractivity contribution is 0.226. The highest BCUT2D eigenvalue weighted by molar-refractivity contribution is 9.10. The molecule has 1 heterocycles. The number of hydrogen-bond donors (Lipinski definition) is 1. The van der Waals surface area contributed by atoms with Crippen molar-refractivity contribution >= 4 is 26.9 Å². The van der Waals surface area contributed by atoms with Crippen LogP contribution in [0.1, 0.15) is 45.6 Å². The molecule has 1 fully saturated rings. The standard InChI is InChI=1S/C13H19BrN2OS/c1-12(2,3)18(17)16-13(7-4-8-13)10-5-6-11(14)15-9-10/h5-6,9,16H,4,7-8H2,1-3H3/t18-/m1/s1. The summed E-state index contributed by atoms with van der Waals surface area (Å²) in [7, 11) is -1.05. The third-order valence-electron chi connectivity index (χ3n) is 3.33. The van der Waals surface area contributed by atoms with Crippen molar-refractivity contribution in [3.05, 3.63) is 28.5 Å². The maximum absolute atomic E-state index is 12.3. The van der Waals surface area contributed by atoms with E-state index in [0.29, 0.717) is 0 Å². The largest absolute Gasteiger partial charge is 0.249 e. The van der Waals surface area contributed by atoms with Gasteiger partial charge in [0.2, 0.25) is 0 Å². The van der Waals surface area contributed by atoms with Crippen LogP contribution in [0, 0.1) is 0 Å². The van der Waals surface area contributed by atoms with Gasteiger partial charge >= 0.3 is 0 Å². The summed E-state index contributed by atoms with van der Waals surface area (Å²) in [6.07, 6.45) is 5.09. The highest BCUT2D eigenvalue weighted by Crippen LogP contribution is 2.42. The van der Waals surface area contributed by atoms with Crippen molar-refractivity contribution in [1.29, 1.82) is 0 Å². The molecule has 5 heteroatoms. The maximum Gasteiger partial charge on any atom is 0.106 e. The smallest absolute Gasteiger partial charge is 0.106 e. The predicted molar refractivity (Wildman–Crippen MR) is 78.5 cm³/mol. The van der Waals surface area contributed by atoms with Crippen molar-refractivity contribution < 1.29 is 4.21 Å². The van der Waals surface area contributed by atoms with Gasteiger partial charge in [0.05, 0.1) is 21.3 Å². The maximum atomic E-state index is 12.3. The van der Waals surface area contributed by atoms with Gasteiger partial charge in [0, 0.05) is 6.20 Å². The fourth-order valence-electron chi connectivity index (χ4n) is 1.97. The van der Waals surface area contributed by atoms with Crippen LogP contribution in [0.2, 0.25) is 0 Å². The van der Waals surface area contributed by atoms with E-state index in [-0.39, 0.29) is 10.3 Å². The lowest BCUT2D eigenvalue weighted by Gasteiger charge is -2.43. The van der Waals surface area contributed by atoms with E-state index in [4.69, 9.17) is 0 Å². The summed E-state index contributed by atoms with van der Waals surface area (Å²) in [5.41, 5.74) is 0.987. The molecule has 3 nitrogen and oxygen atoms in total. The summed E-state index contributed by atoms with van der Waals surface area (Å²) < 4.78 is 16.2. The molecule has 0 aromatic carbocycles. The molecule has 1 aliphatic carbocycles. The Morgan fingerprint density at radius 3 is 2.44 bits per heavy atom. The van der Waals surface area contributed by atoms with E-state index >= 15 is 0 Å². The average molecular weight is 331 g/mol. The van der Waals surface area contributed by atoms with Crippen molar-refractivity contribution in [2.45, 2.75) is 50.3 Å². The molecule has 1 N–H and O–H groups in total. The molecule has 0 aliphatic heterocycles. The highest BCUT2D eigenvalue weighted by atomic mass is 79.9. The molecule has 0 spiro atoms. The fourth-order valence-corrected chi connectivity index (χ4v) is 3.19. The average Bonchev–Trinajstić information content (AvgIpc) is 2.23. The Kier molecular flexibility index (Phi) is 3.95. The van der Waals surface area contributed by atoms with E-state index in [2.05, 4.69) is 31.7 Å². The molecule has 1 aromatic heterocycles. The summed E-state index contributed by atoms with van der Waals surface area (Å²) >= 11 is 3.34. The lowest BCUT2D eigenvalue weighted by Crippen LogP contribution is -2.52. The first-order valence-corrected chi connectivity index (χ1v) is 8.09. The zero-order valence-electron chi connectivity index (χ0n) is 11.0. The first-order valence-electron chi connectivity index (χ1n) is 6.15. The van der Waals surface area contributed by atoms with Crippen LogP contribution >= 0.6 is 15.9 Å². The van der Waals surface area contributed by atoms with Gasteiger partial charge in [0.25, 0.3) is 0 Å². The first-order chi connectivity index (χ1) is 8.33. The lowest BCUT2D eigenvalue weighted by atomic mass is 9.73. The van der Waals surface area contributed by atoms with Gasteiger partial charge in [-0.1, -0.05) is 6.07 Å². The summed E-state index contributed by atoms with van der Waals surface area (Å²) in [6.45, 7) is 5.97. The molecular weight excluding hydrogens is 312 g/mol. The summed E-state index contributed by atoms with van der Waals surface area (Å²) in [5.74, 6) is 0. The van der Waals surface area contributed by atoms with Crippen LogP contribution in [0.5, 0.6) is 0 Å². The molecule has 0 amide bonds. The van der Waals surface area contributed by atoms with Gasteiger partial charge in [0.1, 0.15) is 4.60 Å². The zero-order valence-corrected chi connectivity index (χ0v) is 13.4. The van der Waals surface area contributed by atoms with E-state index in [9.17, 15) is 4.21 Å². The summed E-state index contributed by atoms with van der Waals surface area (Å²) in [4.78, 5) is 4.27. The Morgan fingerprint density at radius 2 is 2.06 bits per heavy atom. The Hall–Kier alpha value is -0.260. The van der Waals surface area contributed by atoms with E-state index in [1.807, 2.05) is 33.0 Å². The molecule has 18 heavy (non-hydrogen) atoms. The predicted octanol–water partition coefficient (Wildman–Crippen LogP) is 3.28. The van der Waals surface area contributed by atoms with Crippen LogP contribution in [0.4, 0.5) is 0 Å². The zero-order chi connectivity index (χ0) is 13.4. The minimum Gasteiger partial charge on any atom is -0.249 e. The SMILES string of the molecule is CC(C)(C)[S@@](=O)NC1(c2ccc(Br)nc2)CCC1. The molecule has 0 unspecified atom stereocenters. The normalized spacial score (nSPS) is 20.2. The van der Waals surface area contributed by atoms with Crippen molar-refractivity contribution in [3.63, 3.8) is 0 Å². The molecule has 0 radical (unpaired) electrons. The van der Waals surface area contributed by atoms with Gasteiger partial charge in [0.15, 0.2) is 0 Å². The van der Waals surface area contributed by atoms with E-state index in [1.165, 1.54) is 6.42 Å². The van der Waals surface area contributed by atoms with Gasteiger partial charge in [-0.3, -0.25) is 0 Å². The molecule has 1 aliphatic rings. The molecule has 0 bridgehead atoms. The number of halogens is 1. The second-order valence-electron chi connectivity index (χ2n) is 5.79. The van der Waals surface area contributed by atoms with Crippen LogP contribution in [0.15, 0.2) is 22.9 Å². The molecular formula is C13H19BrN2OS. The Morgan fingerprint density at radius 1 is 1.39 bits per heavy atom. The Labute approximate surface area is 119 Å². The molecule has 1 saturated carbocycles. The van der Waals surface area contributed by atoms with Crippen LogP contribution < -0.4 is 4.72 Å². The highest BCUT2D eigenvalue weighted by Gasteiger charge is 2.41. The molecule has 1 aromatic rings. The summed E-state index contributed by atoms with van der Waals surface area (Å²) in [6, 6.07) is 4.00. The number of nitrogens with one attached hydrogen (secondary N) is 1. The first kappa shape index (κ1) is 14.2. The third kappa shape index (κ3) is 2.83. The molecule has 1 atom stereocenters. The van der Waals surface area contributed by atoms with Gasteiger partial charge in [-0.2, -0.15) is 0 Å². The van der Waals surface area contributed by atoms with Crippen LogP contribution in [0.25, 0.3) is 0 Å². The molecule has 0 saturated heterocycles. The van der Waals surface area contributed by atoms with Crippen molar-refractivity contribution in [3.8, 4) is 0 Å². The van der Waals surface area contributed by atoms with Crippen LogP contribution in [0.3, 0.4) is 0 Å². The Bertz CT molecular complexity index is 449. The third-order valence-corrected chi connectivity index (χ3v) is 5.49. The number of hydrogen-bond acceptors (Lipinski definition) is 2. The monoisotopic (exact) mass is 330 g/mol. The van der Waals surface area contributed by atoms with Gasteiger partial charge in [-0.15, -0.1) is 0 Å². The van der Waals surface area contributed by atoms with Crippen molar-refractivity contribution in [2.75, 3.05) is 0 Å². The Balaban J connectivity index is 2.21. The topological polar surface area (TPSA) is 42.0 Å². The van der Waals surface area contributed by atoms with E-state index in [1.54, 1.807) is 0 Å². The minimum atomic E-state index is -1.05. The summed E-state index contributed by atoms with van der Waals surface area (Å²) in [5, 5.41) is 0. The number of aromatic nitrogens is 1. The number of rotatable bonds is 3. The van der Waals surface area contributed by atoms with Crippen molar-refractivity contribution in [1.82, 2.24) is 9.71 Å². The second-order valence-corrected chi connectivity index (χ2v) is 8.57. The van der Waals surface area contributed by atoms with Gasteiger partial charge in [-0.05, 0) is 67.6 Å². The number of pyridine rings is 1. The van der Waals surface area contributed by atoms with Crippen molar-refractivity contribution in [2.24, 2.45) is 0 Å². The quantitative estimate of drug-likeness (QED) is 0.864. The number of nitrogens with zero attached hydrogens (tertiary/aromatic N) is 1. The fraction of sp³-hybridized carbons (Fsp3) is 0.615. The van der Waals surface area contributed by atoms with Gasteiger partial charge < -0.3 is 0 Å². The van der Waals surface area contributed by atoms with Gasteiger partial charge in [-0.25, -0.2) is 13.9 Å². The second kappa shape index (κ2) is 5.02.